The maximum absolute atomic E-state index is 12.7. The number of para-hydroxylation sites is 1. The molecule has 0 saturated carbocycles. The minimum atomic E-state index is -4.39. The van der Waals surface area contributed by atoms with Gasteiger partial charge in [0.25, 0.3) is 5.91 Å². The van der Waals surface area contributed by atoms with Crippen molar-refractivity contribution in [2.45, 2.75) is 6.18 Å². The van der Waals surface area contributed by atoms with E-state index in [0.29, 0.717) is 16.6 Å². The molecule has 2 aromatic carbocycles. The number of hydrogen-bond donors (Lipinski definition) is 1. The second kappa shape index (κ2) is 5.42. The maximum Gasteiger partial charge on any atom is 0.416 e. The summed E-state index contributed by atoms with van der Waals surface area (Å²) in [5.41, 5.74) is 0.586. The zero-order valence-corrected chi connectivity index (χ0v) is 12.1. The summed E-state index contributed by atoms with van der Waals surface area (Å²) in [4.78, 5) is 11.9. The Morgan fingerprint density at radius 3 is 2.35 bits per heavy atom. The molecule has 1 N–H and O–H groups in total. The van der Waals surface area contributed by atoms with Gasteiger partial charge in [0.1, 0.15) is 0 Å². The maximum atomic E-state index is 12.7. The van der Waals surface area contributed by atoms with E-state index in [2.05, 4.69) is 10.4 Å². The van der Waals surface area contributed by atoms with Gasteiger partial charge in [-0.1, -0.05) is 18.2 Å². The molecule has 0 aliphatic rings. The molecule has 23 heavy (non-hydrogen) atoms. The van der Waals surface area contributed by atoms with Crippen LogP contribution in [-0.2, 0) is 6.18 Å². The molecule has 0 aliphatic heterocycles. The number of amides is 1. The van der Waals surface area contributed by atoms with Crippen LogP contribution in [0.4, 0.5) is 13.2 Å². The summed E-state index contributed by atoms with van der Waals surface area (Å²) < 4.78 is 39.4. The standard InChI is InChI=1S/C16H12F3N3O/c1-20-15(23)14-12-4-2-3-5-13(12)22(21-14)11-8-6-10(7-9-11)16(17,18)19/h2-9H,1H3,(H,20,23). The van der Waals surface area contributed by atoms with Crippen LogP contribution in [0.5, 0.6) is 0 Å². The summed E-state index contributed by atoms with van der Waals surface area (Å²) in [5, 5.41) is 7.38. The van der Waals surface area contributed by atoms with E-state index in [1.54, 1.807) is 24.3 Å². The van der Waals surface area contributed by atoms with E-state index in [0.717, 1.165) is 12.1 Å². The van der Waals surface area contributed by atoms with Crippen LogP contribution in [0.25, 0.3) is 16.6 Å². The minimum absolute atomic E-state index is 0.225. The van der Waals surface area contributed by atoms with E-state index in [1.165, 1.54) is 23.9 Å². The number of fused-ring (bicyclic) bond motifs is 1. The number of carbonyl (C=O) groups is 1. The fourth-order valence-corrected chi connectivity index (χ4v) is 2.34. The number of benzene rings is 2. The summed E-state index contributed by atoms with van der Waals surface area (Å²) in [7, 11) is 1.49. The molecule has 1 amide bonds. The van der Waals surface area contributed by atoms with Gasteiger partial charge in [-0.15, -0.1) is 0 Å². The van der Waals surface area contributed by atoms with Crippen molar-refractivity contribution < 1.29 is 18.0 Å². The molecule has 0 spiro atoms. The highest BCUT2D eigenvalue weighted by atomic mass is 19.4. The van der Waals surface area contributed by atoms with Gasteiger partial charge in [-0.3, -0.25) is 4.79 Å². The molecule has 0 fully saturated rings. The van der Waals surface area contributed by atoms with Crippen molar-refractivity contribution in [3.63, 3.8) is 0 Å². The first-order valence-electron chi connectivity index (χ1n) is 6.79. The van der Waals surface area contributed by atoms with E-state index in [4.69, 9.17) is 0 Å². The number of hydrogen-bond acceptors (Lipinski definition) is 2. The zero-order chi connectivity index (χ0) is 16.6. The van der Waals surface area contributed by atoms with Gasteiger partial charge in [-0.25, -0.2) is 4.68 Å². The highest BCUT2D eigenvalue weighted by Gasteiger charge is 2.30. The molecule has 0 radical (unpaired) electrons. The highest BCUT2D eigenvalue weighted by Crippen LogP contribution is 2.30. The van der Waals surface area contributed by atoms with E-state index in [9.17, 15) is 18.0 Å². The third kappa shape index (κ3) is 2.65. The topological polar surface area (TPSA) is 46.9 Å². The molecular formula is C16H12F3N3O. The summed E-state index contributed by atoms with van der Waals surface area (Å²) >= 11 is 0. The van der Waals surface area contributed by atoms with Crippen LogP contribution in [0.2, 0.25) is 0 Å². The quantitative estimate of drug-likeness (QED) is 0.787. The Bertz CT molecular complexity index is 866. The van der Waals surface area contributed by atoms with Crippen molar-refractivity contribution in [1.29, 1.82) is 0 Å². The highest BCUT2D eigenvalue weighted by molar-refractivity contribution is 6.05. The average molecular weight is 319 g/mol. The first kappa shape index (κ1) is 15.1. The fourth-order valence-electron chi connectivity index (χ4n) is 2.34. The third-order valence-electron chi connectivity index (χ3n) is 3.47. The lowest BCUT2D eigenvalue weighted by Gasteiger charge is -2.08. The Labute approximate surface area is 129 Å². The summed E-state index contributed by atoms with van der Waals surface area (Å²) in [5.74, 6) is -0.355. The number of alkyl halides is 3. The molecule has 1 heterocycles. The average Bonchev–Trinajstić information content (AvgIpc) is 2.93. The van der Waals surface area contributed by atoms with Crippen molar-refractivity contribution in [1.82, 2.24) is 15.1 Å². The molecule has 7 heteroatoms. The minimum Gasteiger partial charge on any atom is -0.354 e. The van der Waals surface area contributed by atoms with Gasteiger partial charge in [0, 0.05) is 12.4 Å². The molecule has 118 valence electrons. The van der Waals surface area contributed by atoms with E-state index >= 15 is 0 Å². The third-order valence-corrected chi connectivity index (χ3v) is 3.47. The first-order valence-corrected chi connectivity index (χ1v) is 6.79. The van der Waals surface area contributed by atoms with Crippen molar-refractivity contribution >= 4 is 16.8 Å². The van der Waals surface area contributed by atoms with Gasteiger partial charge in [-0.2, -0.15) is 18.3 Å². The SMILES string of the molecule is CNC(=O)c1nn(-c2ccc(C(F)(F)F)cc2)c2ccccc12. The number of nitrogens with zero attached hydrogens (tertiary/aromatic N) is 2. The van der Waals surface area contributed by atoms with Crippen molar-refractivity contribution in [3.8, 4) is 5.69 Å². The van der Waals surface area contributed by atoms with Gasteiger partial charge in [0.2, 0.25) is 0 Å². The first-order chi connectivity index (χ1) is 10.9. The summed E-state index contributed by atoms with van der Waals surface area (Å²) in [6.45, 7) is 0. The fraction of sp³-hybridized carbons (Fsp3) is 0.125. The summed E-state index contributed by atoms with van der Waals surface area (Å²) in [6, 6.07) is 11.7. The monoisotopic (exact) mass is 319 g/mol. The molecule has 4 nitrogen and oxygen atoms in total. The van der Waals surface area contributed by atoms with E-state index in [1.807, 2.05) is 0 Å². The molecule has 3 rings (SSSR count). The number of carbonyl (C=O) groups excluding carboxylic acids is 1. The molecule has 0 atom stereocenters. The van der Waals surface area contributed by atoms with Gasteiger partial charge in [0.05, 0.1) is 16.8 Å². The molecule has 3 aromatic rings. The molecule has 0 bridgehead atoms. The largest absolute Gasteiger partial charge is 0.416 e. The number of nitrogens with one attached hydrogen (secondary N) is 1. The van der Waals surface area contributed by atoms with Crippen LogP contribution in [0, 0.1) is 0 Å². The lowest BCUT2D eigenvalue weighted by atomic mass is 10.2. The van der Waals surface area contributed by atoms with Crippen molar-refractivity contribution in [2.24, 2.45) is 0 Å². The Morgan fingerprint density at radius 1 is 1.09 bits per heavy atom. The number of halogens is 3. The van der Waals surface area contributed by atoms with Crippen LogP contribution in [-0.4, -0.2) is 22.7 Å². The van der Waals surface area contributed by atoms with Gasteiger partial charge >= 0.3 is 6.18 Å². The van der Waals surface area contributed by atoms with Crippen LogP contribution < -0.4 is 5.32 Å². The molecule has 0 unspecified atom stereocenters. The Kier molecular flexibility index (Phi) is 3.55. The Balaban J connectivity index is 2.15. The Hall–Kier alpha value is -2.83. The predicted octanol–water partition coefficient (Wildman–Crippen LogP) is 3.40. The van der Waals surface area contributed by atoms with Crippen LogP contribution in [0.3, 0.4) is 0 Å². The second-order valence-corrected chi connectivity index (χ2v) is 4.90. The second-order valence-electron chi connectivity index (χ2n) is 4.90. The van der Waals surface area contributed by atoms with Gasteiger partial charge in [0.15, 0.2) is 5.69 Å². The molecule has 1 aromatic heterocycles. The van der Waals surface area contributed by atoms with Crippen LogP contribution in [0.15, 0.2) is 48.5 Å². The lowest BCUT2D eigenvalue weighted by Crippen LogP contribution is -2.18. The van der Waals surface area contributed by atoms with Crippen molar-refractivity contribution in [3.05, 3.63) is 59.8 Å². The van der Waals surface area contributed by atoms with Crippen molar-refractivity contribution in [2.75, 3.05) is 7.05 Å². The Morgan fingerprint density at radius 2 is 1.74 bits per heavy atom. The number of aromatic nitrogens is 2. The lowest BCUT2D eigenvalue weighted by molar-refractivity contribution is -0.137. The number of rotatable bonds is 2. The predicted molar refractivity (Wildman–Crippen MR) is 79.5 cm³/mol. The van der Waals surface area contributed by atoms with E-state index in [-0.39, 0.29) is 11.6 Å². The van der Waals surface area contributed by atoms with Gasteiger partial charge in [-0.05, 0) is 30.3 Å². The van der Waals surface area contributed by atoms with Crippen LogP contribution >= 0.6 is 0 Å². The normalized spacial score (nSPS) is 11.7. The van der Waals surface area contributed by atoms with Gasteiger partial charge < -0.3 is 5.32 Å². The molecule has 0 saturated heterocycles. The summed E-state index contributed by atoms with van der Waals surface area (Å²) in [6.07, 6.45) is -4.39. The zero-order valence-electron chi connectivity index (χ0n) is 12.1. The molecule has 0 aliphatic carbocycles. The smallest absolute Gasteiger partial charge is 0.354 e. The van der Waals surface area contributed by atoms with Crippen LogP contribution in [0.1, 0.15) is 16.1 Å². The van der Waals surface area contributed by atoms with E-state index < -0.39 is 11.7 Å². The molecular weight excluding hydrogens is 307 g/mol.